The van der Waals surface area contributed by atoms with Crippen LogP contribution in [0.2, 0.25) is 0 Å². The number of rotatable bonds is 6. The van der Waals surface area contributed by atoms with Gasteiger partial charge in [-0.1, -0.05) is 24.3 Å². The molecule has 1 saturated heterocycles. The number of fused-ring (bicyclic) bond motifs is 1. The molecule has 0 saturated carbocycles. The molecule has 0 radical (unpaired) electrons. The van der Waals surface area contributed by atoms with Gasteiger partial charge in [-0.05, 0) is 43.5 Å². The lowest BCUT2D eigenvalue weighted by molar-refractivity contribution is -0.113. The van der Waals surface area contributed by atoms with Gasteiger partial charge in [0.15, 0.2) is 0 Å². The van der Waals surface area contributed by atoms with Gasteiger partial charge >= 0.3 is 0 Å². The quantitative estimate of drug-likeness (QED) is 0.697. The Morgan fingerprint density at radius 3 is 2.72 bits per heavy atom. The maximum Gasteiger partial charge on any atom is 0.269 e. The fourth-order valence-electron chi connectivity index (χ4n) is 4.07. The minimum atomic E-state index is -0.192. The first kappa shape index (κ1) is 19.6. The molecule has 1 atom stereocenters. The molecule has 1 amide bonds. The van der Waals surface area contributed by atoms with Crippen molar-refractivity contribution in [1.29, 1.82) is 0 Å². The summed E-state index contributed by atoms with van der Waals surface area (Å²) in [5.74, 6) is 0.707. The predicted octanol–water partition coefficient (Wildman–Crippen LogP) is 3.44. The lowest BCUT2D eigenvalue weighted by Crippen LogP contribution is -2.47. The van der Waals surface area contributed by atoms with Crippen LogP contribution in [0.1, 0.15) is 17.5 Å². The molecule has 0 aromatic heterocycles. The van der Waals surface area contributed by atoms with E-state index in [2.05, 4.69) is 46.8 Å². The summed E-state index contributed by atoms with van der Waals surface area (Å²) in [4.78, 5) is 20.5. The Morgan fingerprint density at radius 2 is 1.90 bits per heavy atom. The van der Waals surface area contributed by atoms with Crippen LogP contribution in [-0.4, -0.2) is 55.8 Å². The lowest BCUT2D eigenvalue weighted by Gasteiger charge is -2.37. The number of piperazine rings is 1. The van der Waals surface area contributed by atoms with Gasteiger partial charge in [0.25, 0.3) is 5.91 Å². The first-order chi connectivity index (χ1) is 14.1. The highest BCUT2D eigenvalue weighted by molar-refractivity contribution is 6.11. The minimum Gasteiger partial charge on any atom is -0.493 e. The number of benzene rings is 1. The molecule has 0 bridgehead atoms. The van der Waals surface area contributed by atoms with Crippen molar-refractivity contribution in [3.05, 3.63) is 65.5 Å². The third-order valence-electron chi connectivity index (χ3n) is 5.96. The number of hydrogen-bond donors (Lipinski definition) is 0. The first-order valence-electron chi connectivity index (χ1n) is 10.5. The Kier molecular flexibility index (Phi) is 5.95. The van der Waals surface area contributed by atoms with Crippen molar-refractivity contribution >= 4 is 17.3 Å². The van der Waals surface area contributed by atoms with Crippen molar-refractivity contribution < 1.29 is 9.53 Å². The number of aryl methyl sites for hydroxylation is 1. The molecule has 4 rings (SSSR count). The molecule has 2 aliphatic heterocycles. The standard InChI is InChI=1S/C24H29N3O2/c1-18-5-3-6-23(19(18)2)27-14-12-26(13-15-27)11-4-16-29-21-9-7-20-8-10-24(28)25-22(20)17-21/h3,5-10,17,20H,4,11-16H2,1-2H3. The normalized spacial score (nSPS) is 21.7. The van der Waals surface area contributed by atoms with Gasteiger partial charge in [-0.25, -0.2) is 4.99 Å². The van der Waals surface area contributed by atoms with E-state index < -0.39 is 0 Å². The summed E-state index contributed by atoms with van der Waals surface area (Å²) in [7, 11) is 0. The SMILES string of the molecule is Cc1cccc(N2CCN(CCCOC3=CC4=NC(=O)C=CC4C=C3)CC2)c1C. The van der Waals surface area contributed by atoms with Crippen molar-refractivity contribution in [1.82, 2.24) is 4.90 Å². The third kappa shape index (κ3) is 4.67. The van der Waals surface area contributed by atoms with E-state index in [1.807, 2.05) is 24.3 Å². The molecule has 29 heavy (non-hydrogen) atoms. The van der Waals surface area contributed by atoms with Crippen molar-refractivity contribution in [2.75, 3.05) is 44.2 Å². The van der Waals surface area contributed by atoms with Crippen LogP contribution in [0.15, 0.2) is 59.3 Å². The maximum atomic E-state index is 11.4. The third-order valence-corrected chi connectivity index (χ3v) is 5.96. The molecule has 0 spiro atoms. The van der Waals surface area contributed by atoms with E-state index in [0.717, 1.165) is 50.6 Å². The number of dihydropyridines is 1. The van der Waals surface area contributed by atoms with Gasteiger partial charge in [0.05, 0.1) is 12.3 Å². The second-order valence-corrected chi connectivity index (χ2v) is 7.92. The van der Waals surface area contributed by atoms with Gasteiger partial charge in [-0.15, -0.1) is 0 Å². The van der Waals surface area contributed by atoms with Crippen molar-refractivity contribution in [3.63, 3.8) is 0 Å². The molecule has 2 heterocycles. The molecule has 3 aliphatic rings. The van der Waals surface area contributed by atoms with Crippen LogP contribution in [0.25, 0.3) is 0 Å². The zero-order chi connectivity index (χ0) is 20.2. The second-order valence-electron chi connectivity index (χ2n) is 7.92. The fourth-order valence-corrected chi connectivity index (χ4v) is 4.07. The van der Waals surface area contributed by atoms with E-state index in [0.29, 0.717) is 6.61 Å². The second kappa shape index (κ2) is 8.78. The van der Waals surface area contributed by atoms with Crippen molar-refractivity contribution in [2.45, 2.75) is 20.3 Å². The number of nitrogens with zero attached hydrogens (tertiary/aromatic N) is 3. The summed E-state index contributed by atoms with van der Waals surface area (Å²) in [6.45, 7) is 10.4. The van der Waals surface area contributed by atoms with Crippen molar-refractivity contribution in [2.24, 2.45) is 10.9 Å². The molecular formula is C24H29N3O2. The van der Waals surface area contributed by atoms with Crippen molar-refractivity contribution in [3.8, 4) is 0 Å². The average Bonchev–Trinajstić information content (AvgIpc) is 2.73. The Hall–Kier alpha value is -2.66. The summed E-state index contributed by atoms with van der Waals surface area (Å²) in [6.07, 6.45) is 10.3. The average molecular weight is 392 g/mol. The van der Waals surface area contributed by atoms with E-state index >= 15 is 0 Å². The Balaban J connectivity index is 1.19. The van der Waals surface area contributed by atoms with Gasteiger partial charge in [0, 0.05) is 56.5 Å². The zero-order valence-corrected chi connectivity index (χ0v) is 17.3. The topological polar surface area (TPSA) is 45.1 Å². The molecule has 1 fully saturated rings. The van der Waals surface area contributed by atoms with E-state index in [1.54, 1.807) is 0 Å². The summed E-state index contributed by atoms with van der Waals surface area (Å²) < 4.78 is 5.90. The molecule has 5 nitrogen and oxygen atoms in total. The number of allylic oxidation sites excluding steroid dienone is 4. The summed E-state index contributed by atoms with van der Waals surface area (Å²) in [6, 6.07) is 6.58. The van der Waals surface area contributed by atoms with Crippen LogP contribution in [0, 0.1) is 19.8 Å². The molecule has 152 valence electrons. The Labute approximate surface area is 173 Å². The molecule has 0 N–H and O–H groups in total. The number of ether oxygens (including phenoxy) is 1. The molecule has 5 heteroatoms. The van der Waals surface area contributed by atoms with Crippen LogP contribution >= 0.6 is 0 Å². The van der Waals surface area contributed by atoms with E-state index in [1.165, 1.54) is 22.9 Å². The highest BCUT2D eigenvalue weighted by Gasteiger charge is 2.20. The van der Waals surface area contributed by atoms with Crippen LogP contribution in [0.4, 0.5) is 5.69 Å². The molecule has 1 aliphatic carbocycles. The zero-order valence-electron chi connectivity index (χ0n) is 17.3. The molecular weight excluding hydrogens is 362 g/mol. The van der Waals surface area contributed by atoms with Crippen LogP contribution in [0.5, 0.6) is 0 Å². The predicted molar refractivity (Wildman–Crippen MR) is 117 cm³/mol. The highest BCUT2D eigenvalue weighted by atomic mass is 16.5. The highest BCUT2D eigenvalue weighted by Crippen LogP contribution is 2.24. The largest absolute Gasteiger partial charge is 0.493 e. The van der Waals surface area contributed by atoms with E-state index in [9.17, 15) is 4.79 Å². The molecule has 1 unspecified atom stereocenters. The Bertz CT molecular complexity index is 889. The number of aliphatic imine (C=N–C) groups is 1. The first-order valence-corrected chi connectivity index (χ1v) is 10.5. The van der Waals surface area contributed by atoms with E-state index in [-0.39, 0.29) is 11.8 Å². The summed E-state index contributed by atoms with van der Waals surface area (Å²) >= 11 is 0. The number of anilines is 1. The monoisotopic (exact) mass is 391 g/mol. The van der Waals surface area contributed by atoms with Crippen LogP contribution < -0.4 is 4.90 Å². The van der Waals surface area contributed by atoms with Crippen LogP contribution in [0.3, 0.4) is 0 Å². The van der Waals surface area contributed by atoms with Gasteiger partial charge in [-0.3, -0.25) is 9.69 Å². The Morgan fingerprint density at radius 1 is 1.10 bits per heavy atom. The summed E-state index contributed by atoms with van der Waals surface area (Å²) in [5.41, 5.74) is 4.91. The van der Waals surface area contributed by atoms with E-state index in [4.69, 9.17) is 4.74 Å². The van der Waals surface area contributed by atoms with Gasteiger partial charge < -0.3 is 9.64 Å². The van der Waals surface area contributed by atoms with Crippen LogP contribution in [-0.2, 0) is 9.53 Å². The smallest absolute Gasteiger partial charge is 0.269 e. The fraction of sp³-hybridized carbons (Fsp3) is 0.417. The number of carbonyl (C=O) groups excluding carboxylic acids is 1. The molecule has 1 aromatic carbocycles. The summed E-state index contributed by atoms with van der Waals surface area (Å²) in [5, 5.41) is 0. The van der Waals surface area contributed by atoms with Gasteiger partial charge in [-0.2, -0.15) is 0 Å². The number of carbonyl (C=O) groups is 1. The molecule has 1 aromatic rings. The number of amides is 1. The number of hydrogen-bond acceptors (Lipinski definition) is 4. The van der Waals surface area contributed by atoms with Gasteiger partial charge in [0.2, 0.25) is 0 Å². The minimum absolute atomic E-state index is 0.105. The maximum absolute atomic E-state index is 11.4. The lowest BCUT2D eigenvalue weighted by atomic mass is 9.95. The van der Waals surface area contributed by atoms with Gasteiger partial charge in [0.1, 0.15) is 5.76 Å².